The van der Waals surface area contributed by atoms with E-state index in [0.29, 0.717) is 16.4 Å². The van der Waals surface area contributed by atoms with E-state index in [4.69, 9.17) is 17.3 Å². The van der Waals surface area contributed by atoms with Crippen LogP contribution in [0.4, 0.5) is 11.4 Å². The van der Waals surface area contributed by atoms with Gasteiger partial charge in [0.2, 0.25) is 0 Å². The van der Waals surface area contributed by atoms with E-state index in [1.165, 1.54) is 4.90 Å². The van der Waals surface area contributed by atoms with Gasteiger partial charge in [-0.05, 0) is 29.7 Å². The van der Waals surface area contributed by atoms with Crippen molar-refractivity contribution in [3.63, 3.8) is 0 Å². The number of hydrogen-bond donors (Lipinski definition) is 1. The summed E-state index contributed by atoms with van der Waals surface area (Å²) in [5, 5.41) is 5.82. The number of nitrogen functional groups attached to an aromatic ring is 1. The van der Waals surface area contributed by atoms with Crippen LogP contribution in [0.1, 0.15) is 10.5 Å². The number of nitrogens with two attached hydrogens (primary N) is 1. The van der Waals surface area contributed by atoms with Gasteiger partial charge in [-0.1, -0.05) is 16.1 Å². The Bertz CT molecular complexity index is 543. The lowest BCUT2D eigenvalue weighted by atomic mass is 10.2. The SMILES string of the molecule is CN(C(=O)c1csnn1)c1cc(Cl)ccc1N. The second-order valence-corrected chi connectivity index (χ2v) is 4.40. The van der Waals surface area contributed by atoms with Crippen LogP contribution < -0.4 is 10.6 Å². The molecule has 0 radical (unpaired) electrons. The minimum Gasteiger partial charge on any atom is -0.397 e. The molecule has 0 spiro atoms. The van der Waals surface area contributed by atoms with Crippen molar-refractivity contribution in [3.05, 3.63) is 34.3 Å². The number of halogens is 1. The average Bonchev–Trinajstić information content (AvgIpc) is 2.84. The molecule has 0 aliphatic heterocycles. The maximum atomic E-state index is 12.0. The van der Waals surface area contributed by atoms with Crippen LogP contribution in [0, 0.1) is 0 Å². The highest BCUT2D eigenvalue weighted by molar-refractivity contribution is 7.03. The zero-order chi connectivity index (χ0) is 12.4. The van der Waals surface area contributed by atoms with Crippen LogP contribution in [0.2, 0.25) is 5.02 Å². The van der Waals surface area contributed by atoms with Crippen molar-refractivity contribution in [3.8, 4) is 0 Å². The molecule has 0 saturated carbocycles. The number of benzene rings is 1. The van der Waals surface area contributed by atoms with Crippen molar-refractivity contribution >= 4 is 40.4 Å². The predicted molar refractivity (Wildman–Crippen MR) is 68.5 cm³/mol. The van der Waals surface area contributed by atoms with Crippen LogP contribution in [0.5, 0.6) is 0 Å². The second-order valence-electron chi connectivity index (χ2n) is 3.36. The third-order valence-electron chi connectivity index (χ3n) is 2.24. The number of anilines is 2. The number of rotatable bonds is 2. The monoisotopic (exact) mass is 268 g/mol. The average molecular weight is 269 g/mol. The first-order valence-corrected chi connectivity index (χ1v) is 5.91. The van der Waals surface area contributed by atoms with Gasteiger partial charge in [0.25, 0.3) is 5.91 Å². The molecule has 0 aliphatic rings. The first-order valence-electron chi connectivity index (χ1n) is 4.69. The minimum absolute atomic E-state index is 0.271. The lowest BCUT2D eigenvalue weighted by molar-refractivity contribution is 0.0988. The van der Waals surface area contributed by atoms with E-state index in [0.717, 1.165) is 11.5 Å². The van der Waals surface area contributed by atoms with Gasteiger partial charge in [0.1, 0.15) is 0 Å². The van der Waals surface area contributed by atoms with Crippen molar-refractivity contribution < 1.29 is 4.79 Å². The summed E-state index contributed by atoms with van der Waals surface area (Å²) < 4.78 is 3.65. The number of aromatic nitrogens is 2. The third-order valence-corrected chi connectivity index (χ3v) is 2.98. The molecule has 1 amide bonds. The van der Waals surface area contributed by atoms with Crippen molar-refractivity contribution in [2.24, 2.45) is 0 Å². The molecule has 1 aromatic carbocycles. The van der Waals surface area contributed by atoms with Gasteiger partial charge in [0.05, 0.1) is 11.4 Å². The van der Waals surface area contributed by atoms with Crippen LogP contribution in [0.25, 0.3) is 0 Å². The summed E-state index contributed by atoms with van der Waals surface area (Å²) in [5.74, 6) is -0.271. The summed E-state index contributed by atoms with van der Waals surface area (Å²) in [5.41, 5.74) is 7.12. The molecule has 88 valence electrons. The van der Waals surface area contributed by atoms with Crippen LogP contribution in [-0.4, -0.2) is 22.5 Å². The fourth-order valence-electron chi connectivity index (χ4n) is 1.35. The molecule has 1 heterocycles. The van der Waals surface area contributed by atoms with Gasteiger partial charge in [-0.2, -0.15) is 0 Å². The summed E-state index contributed by atoms with van der Waals surface area (Å²) in [4.78, 5) is 13.4. The Balaban J connectivity index is 2.34. The van der Waals surface area contributed by atoms with Gasteiger partial charge in [-0.15, -0.1) is 5.10 Å². The van der Waals surface area contributed by atoms with E-state index in [1.54, 1.807) is 30.6 Å². The largest absolute Gasteiger partial charge is 0.397 e. The fraction of sp³-hybridized carbons (Fsp3) is 0.100. The van der Waals surface area contributed by atoms with E-state index in [-0.39, 0.29) is 11.6 Å². The number of carbonyl (C=O) groups excluding carboxylic acids is 1. The Labute approximate surface area is 107 Å². The molecule has 0 saturated heterocycles. The highest BCUT2D eigenvalue weighted by atomic mass is 35.5. The smallest absolute Gasteiger partial charge is 0.279 e. The summed E-state index contributed by atoms with van der Waals surface area (Å²) in [6, 6.07) is 4.96. The van der Waals surface area contributed by atoms with E-state index in [2.05, 4.69) is 9.59 Å². The van der Waals surface area contributed by atoms with E-state index in [1.807, 2.05) is 0 Å². The Morgan fingerprint density at radius 3 is 2.94 bits per heavy atom. The molecule has 0 bridgehead atoms. The zero-order valence-corrected chi connectivity index (χ0v) is 10.5. The number of amides is 1. The molecule has 0 atom stereocenters. The lowest BCUT2D eigenvalue weighted by Crippen LogP contribution is -2.27. The van der Waals surface area contributed by atoms with Gasteiger partial charge in [-0.25, -0.2) is 0 Å². The summed E-state index contributed by atoms with van der Waals surface area (Å²) in [6.07, 6.45) is 0. The molecule has 2 rings (SSSR count). The lowest BCUT2D eigenvalue weighted by Gasteiger charge is -2.18. The van der Waals surface area contributed by atoms with E-state index in [9.17, 15) is 4.79 Å². The zero-order valence-electron chi connectivity index (χ0n) is 8.92. The molecule has 7 heteroatoms. The van der Waals surface area contributed by atoms with Crippen LogP contribution in [-0.2, 0) is 0 Å². The van der Waals surface area contributed by atoms with E-state index >= 15 is 0 Å². The first kappa shape index (κ1) is 11.8. The molecule has 2 aromatic rings. The number of carbonyl (C=O) groups is 1. The molecule has 0 unspecified atom stereocenters. The predicted octanol–water partition coefficient (Wildman–Crippen LogP) is 2.05. The summed E-state index contributed by atoms with van der Waals surface area (Å²) in [6.45, 7) is 0. The van der Waals surface area contributed by atoms with Crippen molar-refractivity contribution in [1.29, 1.82) is 0 Å². The van der Waals surface area contributed by atoms with Crippen LogP contribution >= 0.6 is 23.1 Å². The quantitative estimate of drug-likeness (QED) is 0.846. The molecule has 1 aromatic heterocycles. The molecule has 2 N–H and O–H groups in total. The molecular weight excluding hydrogens is 260 g/mol. The fourth-order valence-corrected chi connectivity index (χ4v) is 1.94. The van der Waals surface area contributed by atoms with Gasteiger partial charge < -0.3 is 10.6 Å². The topological polar surface area (TPSA) is 72.1 Å². The minimum atomic E-state index is -0.271. The molecule has 0 aliphatic carbocycles. The van der Waals surface area contributed by atoms with Crippen LogP contribution in [0.3, 0.4) is 0 Å². The highest BCUT2D eigenvalue weighted by Gasteiger charge is 2.18. The molecular formula is C10H9ClN4OS. The van der Waals surface area contributed by atoms with Gasteiger partial charge in [0, 0.05) is 17.5 Å². The first-order chi connectivity index (χ1) is 8.09. The third kappa shape index (κ3) is 2.37. The number of hydrogen-bond acceptors (Lipinski definition) is 5. The van der Waals surface area contributed by atoms with Crippen LogP contribution in [0.15, 0.2) is 23.6 Å². The standard InChI is InChI=1S/C10H9ClN4OS/c1-15(10(16)8-5-17-14-13-8)9-4-6(11)2-3-7(9)12/h2-5H,12H2,1H3. The highest BCUT2D eigenvalue weighted by Crippen LogP contribution is 2.26. The Kier molecular flexibility index (Phi) is 3.26. The summed E-state index contributed by atoms with van der Waals surface area (Å²) >= 11 is 6.99. The summed E-state index contributed by atoms with van der Waals surface area (Å²) in [7, 11) is 1.61. The number of nitrogens with zero attached hydrogens (tertiary/aromatic N) is 3. The molecule has 0 fully saturated rings. The Morgan fingerprint density at radius 2 is 2.29 bits per heavy atom. The Morgan fingerprint density at radius 1 is 1.53 bits per heavy atom. The maximum absolute atomic E-state index is 12.0. The van der Waals surface area contributed by atoms with Gasteiger partial charge in [-0.3, -0.25) is 4.79 Å². The normalized spacial score (nSPS) is 10.2. The van der Waals surface area contributed by atoms with E-state index < -0.39 is 0 Å². The second kappa shape index (κ2) is 4.68. The van der Waals surface area contributed by atoms with Crippen molar-refractivity contribution in [2.75, 3.05) is 17.7 Å². The maximum Gasteiger partial charge on any atom is 0.279 e. The van der Waals surface area contributed by atoms with Gasteiger partial charge >= 0.3 is 0 Å². The Hall–Kier alpha value is -1.66. The van der Waals surface area contributed by atoms with Gasteiger partial charge in [0.15, 0.2) is 5.69 Å². The molecule has 17 heavy (non-hydrogen) atoms. The van der Waals surface area contributed by atoms with Crippen molar-refractivity contribution in [1.82, 2.24) is 9.59 Å². The van der Waals surface area contributed by atoms with Crippen molar-refractivity contribution in [2.45, 2.75) is 0 Å². The molecule has 5 nitrogen and oxygen atoms in total.